The standard InChI is InChI=1S/C15H13N3OS.BrH.Zn/c16-15(20)18-17-13(11-7-3-1-4-8-11)14(19)12-9-5-2-6-10-12;;/h1-10H,(H3,16,18,20);1H;/q;;+2/p-2/b17-13+;;. The van der Waals surface area contributed by atoms with Crippen LogP contribution in [0.5, 0.6) is 0 Å². The van der Waals surface area contributed by atoms with Gasteiger partial charge in [-0.05, 0) is 5.17 Å². The van der Waals surface area contributed by atoms with E-state index in [9.17, 15) is 4.79 Å². The Morgan fingerprint density at radius 3 is 1.82 bits per heavy atom. The average Bonchev–Trinajstić information content (AvgIpc) is 2.58. The van der Waals surface area contributed by atoms with Crippen molar-refractivity contribution in [2.24, 2.45) is 15.9 Å². The summed E-state index contributed by atoms with van der Waals surface area (Å²) in [5.74, 6) is -0.225. The number of carbonyl (C=O) groups excluding carboxylic acids is 1. The Hall–Kier alpha value is -1.43. The molecule has 2 aromatic rings. The second kappa shape index (κ2) is 10.3. The third-order valence-electron chi connectivity index (χ3n) is 2.55. The van der Waals surface area contributed by atoms with Gasteiger partial charge in [-0.25, -0.2) is 0 Å². The Labute approximate surface area is 151 Å². The Balaban J connectivity index is 0.00000116. The first kappa shape index (κ1) is 18.6. The van der Waals surface area contributed by atoms with Crippen LogP contribution in [0.4, 0.5) is 0 Å². The summed E-state index contributed by atoms with van der Waals surface area (Å²) in [5.41, 5.74) is 6.72. The number of ketones is 1. The molecule has 7 heteroatoms. The summed E-state index contributed by atoms with van der Waals surface area (Å²) in [4.78, 5) is 12.5. The number of halogens is 1. The first-order chi connectivity index (χ1) is 10.7. The van der Waals surface area contributed by atoms with E-state index in [1.807, 2.05) is 24.3 Å². The van der Waals surface area contributed by atoms with Crippen LogP contribution in [0.2, 0.25) is 0 Å². The average molecular weight is 428 g/mol. The number of carbonyl (C=O) groups is 1. The minimum atomic E-state index is -0.225. The predicted molar refractivity (Wildman–Crippen MR) is 91.7 cm³/mol. The Bertz CT molecular complexity index is 659. The fourth-order valence-corrected chi connectivity index (χ4v) is 1.70. The number of rotatable bonds is 4. The topological polar surface area (TPSA) is 67.8 Å². The molecule has 0 atom stereocenters. The van der Waals surface area contributed by atoms with Crippen LogP contribution in [-0.2, 0) is 29.0 Å². The molecule has 0 bridgehead atoms. The van der Waals surface area contributed by atoms with Gasteiger partial charge in [0, 0.05) is 11.1 Å². The van der Waals surface area contributed by atoms with Crippen molar-refractivity contribution in [3.63, 3.8) is 0 Å². The first-order valence-electron chi connectivity index (χ1n) is 6.18. The van der Waals surface area contributed by atoms with Gasteiger partial charge in [0.25, 0.3) is 0 Å². The summed E-state index contributed by atoms with van der Waals surface area (Å²) in [6, 6.07) is 18.0. The first-order valence-corrected chi connectivity index (χ1v) is 13.5. The molecule has 0 aliphatic heterocycles. The molecule has 2 N–H and O–H groups in total. The molecule has 22 heavy (non-hydrogen) atoms. The van der Waals surface area contributed by atoms with Gasteiger partial charge in [-0.3, -0.25) is 4.79 Å². The summed E-state index contributed by atoms with van der Waals surface area (Å²) in [6.07, 6.45) is 0. The molecule has 4 nitrogen and oxygen atoms in total. The van der Waals surface area contributed by atoms with Crippen LogP contribution in [0, 0.1) is 0 Å². The molecule has 2 rings (SSSR count). The van der Waals surface area contributed by atoms with Crippen molar-refractivity contribution in [2.75, 3.05) is 0 Å². The molecule has 2 aromatic carbocycles. The van der Waals surface area contributed by atoms with Gasteiger partial charge in [-0.1, -0.05) is 60.7 Å². The van der Waals surface area contributed by atoms with Gasteiger partial charge < -0.3 is 18.4 Å². The molecule has 0 aliphatic rings. The van der Waals surface area contributed by atoms with Crippen LogP contribution in [0.3, 0.4) is 0 Å². The monoisotopic (exact) mass is 425 g/mol. The maximum atomic E-state index is 12.5. The van der Waals surface area contributed by atoms with E-state index in [2.05, 4.69) is 36.5 Å². The molecule has 0 aliphatic carbocycles. The molecule has 0 fully saturated rings. The fraction of sp³-hybridized carbons (Fsp3) is 0. The molecule has 0 radical (unpaired) electrons. The van der Waals surface area contributed by atoms with E-state index in [1.54, 1.807) is 36.4 Å². The van der Waals surface area contributed by atoms with Crippen molar-refractivity contribution in [1.29, 1.82) is 0 Å². The molecular formula is C15H12BrN3OSZn. The van der Waals surface area contributed by atoms with Crippen molar-refractivity contribution >= 4 is 42.9 Å². The number of benzene rings is 2. The van der Waals surface area contributed by atoms with Gasteiger partial charge in [0.15, 0.2) is 0 Å². The number of nitrogens with two attached hydrogens (primary N) is 1. The molecule has 0 saturated carbocycles. The minimum absolute atomic E-state index is 0.112. The molecular weight excluding hydrogens is 416 g/mol. The van der Waals surface area contributed by atoms with Gasteiger partial charge in [-0.15, -0.1) is 5.10 Å². The number of Topliss-reactive ketones (excluding diaryl/α,β-unsaturated/α-hetero) is 1. The summed E-state index contributed by atoms with van der Waals surface area (Å²) in [6.45, 7) is 0. The molecule has 0 heterocycles. The fourth-order valence-electron chi connectivity index (χ4n) is 1.66. The van der Waals surface area contributed by atoms with Crippen LogP contribution < -0.4 is 5.73 Å². The van der Waals surface area contributed by atoms with Crippen molar-refractivity contribution in [3.05, 3.63) is 71.8 Å². The summed E-state index contributed by atoms with van der Waals surface area (Å²) in [5, 5.41) is 7.41. The quantitative estimate of drug-likeness (QED) is 0.204. The molecule has 108 valence electrons. The zero-order chi connectivity index (χ0) is 16.4. The van der Waals surface area contributed by atoms with Gasteiger partial charge in [-0.2, -0.15) is 5.10 Å². The van der Waals surface area contributed by atoms with Crippen LogP contribution in [0.15, 0.2) is 70.9 Å². The molecule has 0 saturated heterocycles. The van der Waals surface area contributed by atoms with E-state index in [0.717, 1.165) is 0 Å². The second-order valence-electron chi connectivity index (χ2n) is 3.95. The van der Waals surface area contributed by atoms with E-state index in [0.29, 0.717) is 11.1 Å². The number of nitrogens with zero attached hydrogens (tertiary/aromatic N) is 2. The van der Waals surface area contributed by atoms with Crippen LogP contribution in [0.25, 0.3) is 0 Å². The van der Waals surface area contributed by atoms with Crippen molar-refractivity contribution in [1.82, 2.24) is 0 Å². The van der Waals surface area contributed by atoms with E-state index in [1.165, 1.54) is 16.3 Å². The van der Waals surface area contributed by atoms with Crippen LogP contribution in [-0.4, -0.2) is 16.7 Å². The van der Waals surface area contributed by atoms with Gasteiger partial charge in [0.1, 0.15) is 5.71 Å². The van der Waals surface area contributed by atoms with E-state index >= 15 is 0 Å². The van der Waals surface area contributed by atoms with E-state index in [-0.39, 0.29) is 16.7 Å². The summed E-state index contributed by atoms with van der Waals surface area (Å²) in [7, 11) is 0. The van der Waals surface area contributed by atoms with Crippen molar-refractivity contribution < 1.29 is 21.1 Å². The van der Waals surface area contributed by atoms with Crippen LogP contribution >= 0.6 is 13.6 Å². The van der Waals surface area contributed by atoms with Crippen molar-refractivity contribution in [3.8, 4) is 0 Å². The molecule has 0 amide bonds. The molecule has 0 spiro atoms. The van der Waals surface area contributed by atoms with Crippen molar-refractivity contribution in [2.45, 2.75) is 0 Å². The summed E-state index contributed by atoms with van der Waals surface area (Å²) < 4.78 is 0. The Morgan fingerprint density at radius 2 is 1.36 bits per heavy atom. The normalized spacial score (nSPS) is 11.4. The third kappa shape index (κ3) is 5.75. The zero-order valence-electron chi connectivity index (χ0n) is 11.6. The molecule has 0 unspecified atom stereocenters. The maximum absolute atomic E-state index is 12.5. The predicted octanol–water partition coefficient (Wildman–Crippen LogP) is 2.98. The Kier molecular flexibility index (Phi) is 8.74. The summed E-state index contributed by atoms with van der Waals surface area (Å²) >= 11 is 8.91. The zero-order valence-corrected chi connectivity index (χ0v) is 17.0. The second-order valence-corrected chi connectivity index (χ2v) is 4.37. The SMILES string of the molecule is N/C([S-])=N/N=C(/C(=O)c1ccccc1)c1ccccc1.[Zn+][Br]. The Morgan fingerprint density at radius 1 is 0.909 bits per heavy atom. The van der Waals surface area contributed by atoms with Gasteiger partial charge >= 0.3 is 30.0 Å². The van der Waals surface area contributed by atoms with E-state index < -0.39 is 0 Å². The van der Waals surface area contributed by atoms with E-state index in [4.69, 9.17) is 5.73 Å². The van der Waals surface area contributed by atoms with Crippen LogP contribution in [0.1, 0.15) is 15.9 Å². The third-order valence-corrected chi connectivity index (χ3v) is 2.63. The van der Waals surface area contributed by atoms with Gasteiger partial charge in [0.05, 0.1) is 0 Å². The number of hydrogen-bond acceptors (Lipinski definition) is 4. The number of amidine groups is 1. The number of hydrogen-bond donors (Lipinski definition) is 1. The molecule has 0 aromatic heterocycles. The van der Waals surface area contributed by atoms with Gasteiger partial charge in [0.2, 0.25) is 5.78 Å².